The van der Waals surface area contributed by atoms with Crippen LogP contribution in [0.3, 0.4) is 0 Å². The molecular formula is C20H26N2O4. The van der Waals surface area contributed by atoms with Crippen molar-refractivity contribution in [3.8, 4) is 11.5 Å². The van der Waals surface area contributed by atoms with Crippen molar-refractivity contribution in [3.63, 3.8) is 0 Å². The second-order valence-electron chi connectivity index (χ2n) is 6.87. The number of carbonyl (C=O) groups excluding carboxylic acids is 1. The van der Waals surface area contributed by atoms with Gasteiger partial charge in [0, 0.05) is 30.0 Å². The third-order valence-corrected chi connectivity index (χ3v) is 5.11. The molecule has 0 spiro atoms. The first-order valence-corrected chi connectivity index (χ1v) is 9.15. The van der Waals surface area contributed by atoms with Gasteiger partial charge in [0.05, 0.1) is 19.7 Å². The largest absolute Gasteiger partial charge is 0.493 e. The van der Waals surface area contributed by atoms with Gasteiger partial charge in [0.25, 0.3) is 5.56 Å². The lowest BCUT2D eigenvalue weighted by atomic mass is 10.1. The smallest absolute Gasteiger partial charge is 0.251 e. The van der Waals surface area contributed by atoms with E-state index in [2.05, 4.69) is 10.3 Å². The van der Waals surface area contributed by atoms with Gasteiger partial charge in [-0.2, -0.15) is 0 Å². The zero-order valence-electron chi connectivity index (χ0n) is 15.4. The van der Waals surface area contributed by atoms with Gasteiger partial charge >= 0.3 is 0 Å². The highest BCUT2D eigenvalue weighted by Gasteiger charge is 2.16. The number of hydrogen-bond acceptors (Lipinski definition) is 4. The van der Waals surface area contributed by atoms with Crippen LogP contribution in [0.4, 0.5) is 0 Å². The van der Waals surface area contributed by atoms with E-state index < -0.39 is 0 Å². The summed E-state index contributed by atoms with van der Waals surface area (Å²) < 4.78 is 10.6. The number of aryl methyl sites for hydroxylation is 1. The molecule has 26 heavy (non-hydrogen) atoms. The Morgan fingerprint density at radius 1 is 1.15 bits per heavy atom. The molecule has 1 fully saturated rings. The maximum atomic E-state index is 12.3. The molecule has 1 aliphatic rings. The molecular weight excluding hydrogens is 332 g/mol. The number of nitrogens with one attached hydrogen (secondary N) is 2. The molecule has 1 aliphatic carbocycles. The highest BCUT2D eigenvalue weighted by molar-refractivity contribution is 5.83. The van der Waals surface area contributed by atoms with Crippen molar-refractivity contribution in [1.29, 1.82) is 0 Å². The van der Waals surface area contributed by atoms with Gasteiger partial charge in [-0.1, -0.05) is 12.8 Å². The normalized spacial score (nSPS) is 14.5. The minimum absolute atomic E-state index is 0.00343. The number of rotatable bonds is 7. The van der Waals surface area contributed by atoms with Crippen molar-refractivity contribution >= 4 is 16.8 Å². The summed E-state index contributed by atoms with van der Waals surface area (Å²) in [4.78, 5) is 27.2. The quantitative estimate of drug-likeness (QED) is 0.797. The average molecular weight is 358 g/mol. The number of amides is 1. The minimum Gasteiger partial charge on any atom is -0.493 e. The Labute approximate surface area is 152 Å². The second kappa shape index (κ2) is 8.25. The molecule has 0 bridgehead atoms. The van der Waals surface area contributed by atoms with Crippen molar-refractivity contribution in [3.05, 3.63) is 34.1 Å². The Morgan fingerprint density at radius 2 is 1.85 bits per heavy atom. The number of H-pyrrole nitrogens is 1. The van der Waals surface area contributed by atoms with Crippen LogP contribution in [0.15, 0.2) is 23.0 Å². The molecule has 0 atom stereocenters. The molecule has 2 N–H and O–H groups in total. The van der Waals surface area contributed by atoms with Gasteiger partial charge in [-0.05, 0) is 37.3 Å². The topological polar surface area (TPSA) is 80.4 Å². The number of aromatic nitrogens is 1. The summed E-state index contributed by atoms with van der Waals surface area (Å²) in [7, 11) is 3.13. The number of ether oxygens (including phenoxy) is 2. The molecule has 0 radical (unpaired) electrons. The second-order valence-corrected chi connectivity index (χ2v) is 6.87. The van der Waals surface area contributed by atoms with Gasteiger partial charge in [0.1, 0.15) is 0 Å². The fraction of sp³-hybridized carbons (Fsp3) is 0.500. The monoisotopic (exact) mass is 358 g/mol. The molecule has 2 aromatic rings. The average Bonchev–Trinajstić information content (AvgIpc) is 3.17. The Bertz CT molecular complexity index is 838. The molecule has 0 aliphatic heterocycles. The summed E-state index contributed by atoms with van der Waals surface area (Å²) in [6.07, 6.45) is 5.67. The van der Waals surface area contributed by atoms with Crippen molar-refractivity contribution in [2.24, 2.45) is 5.92 Å². The predicted octanol–water partition coefficient (Wildman–Crippen LogP) is 2.78. The minimum atomic E-state index is -0.173. The summed E-state index contributed by atoms with van der Waals surface area (Å²) in [5.41, 5.74) is 1.11. The summed E-state index contributed by atoms with van der Waals surface area (Å²) in [6.45, 7) is 0.754. The van der Waals surface area contributed by atoms with E-state index in [0.29, 0.717) is 41.3 Å². The summed E-state index contributed by atoms with van der Waals surface area (Å²) >= 11 is 0. The van der Waals surface area contributed by atoms with Crippen LogP contribution in [0.1, 0.15) is 37.7 Å². The Morgan fingerprint density at radius 3 is 2.54 bits per heavy atom. The SMILES string of the molecule is COc1cc2cc(CCC(=O)NCC3CCCC3)c(=O)[nH]c2cc1OC. The first-order valence-electron chi connectivity index (χ1n) is 9.15. The van der Waals surface area contributed by atoms with E-state index in [1.54, 1.807) is 20.3 Å². The Balaban J connectivity index is 1.68. The number of aromatic amines is 1. The van der Waals surface area contributed by atoms with Crippen molar-refractivity contribution < 1.29 is 14.3 Å². The molecule has 0 unspecified atom stereocenters. The van der Waals surface area contributed by atoms with E-state index in [-0.39, 0.29) is 11.5 Å². The fourth-order valence-corrected chi connectivity index (χ4v) is 3.57. The van der Waals surface area contributed by atoms with Crippen LogP contribution < -0.4 is 20.3 Å². The highest BCUT2D eigenvalue weighted by Crippen LogP contribution is 2.31. The van der Waals surface area contributed by atoms with Gasteiger partial charge in [0.15, 0.2) is 11.5 Å². The maximum absolute atomic E-state index is 12.3. The van der Waals surface area contributed by atoms with Gasteiger partial charge in [-0.25, -0.2) is 0 Å². The van der Waals surface area contributed by atoms with Crippen molar-refractivity contribution in [1.82, 2.24) is 10.3 Å². The zero-order chi connectivity index (χ0) is 18.5. The van der Waals surface area contributed by atoms with E-state index in [1.165, 1.54) is 25.7 Å². The third-order valence-electron chi connectivity index (χ3n) is 5.11. The van der Waals surface area contributed by atoms with Gasteiger partial charge < -0.3 is 19.8 Å². The first-order chi connectivity index (χ1) is 12.6. The lowest BCUT2D eigenvalue weighted by Gasteiger charge is -2.11. The number of methoxy groups -OCH3 is 2. The van der Waals surface area contributed by atoms with Crippen LogP contribution in [-0.4, -0.2) is 31.7 Å². The molecule has 1 aromatic heterocycles. The maximum Gasteiger partial charge on any atom is 0.251 e. The van der Waals surface area contributed by atoms with Crippen LogP contribution in [0, 0.1) is 5.92 Å². The van der Waals surface area contributed by atoms with Crippen LogP contribution in [0.25, 0.3) is 10.9 Å². The highest BCUT2D eigenvalue weighted by atomic mass is 16.5. The Kier molecular flexibility index (Phi) is 5.81. The van der Waals surface area contributed by atoms with Crippen LogP contribution in [0.2, 0.25) is 0 Å². The lowest BCUT2D eigenvalue weighted by Crippen LogP contribution is -2.29. The number of fused-ring (bicyclic) bond motifs is 1. The molecule has 140 valence electrons. The molecule has 1 aromatic carbocycles. The molecule has 1 heterocycles. The van der Waals surface area contributed by atoms with E-state index in [9.17, 15) is 9.59 Å². The Hall–Kier alpha value is -2.50. The van der Waals surface area contributed by atoms with Crippen molar-refractivity contribution in [2.75, 3.05) is 20.8 Å². The van der Waals surface area contributed by atoms with Crippen LogP contribution >= 0.6 is 0 Å². The van der Waals surface area contributed by atoms with Gasteiger partial charge in [-0.15, -0.1) is 0 Å². The summed E-state index contributed by atoms with van der Waals surface area (Å²) in [5, 5.41) is 3.85. The van der Waals surface area contributed by atoms with Gasteiger partial charge in [0.2, 0.25) is 5.91 Å². The molecule has 1 saturated carbocycles. The lowest BCUT2D eigenvalue weighted by molar-refractivity contribution is -0.121. The predicted molar refractivity (Wildman–Crippen MR) is 101 cm³/mol. The van der Waals surface area contributed by atoms with E-state index >= 15 is 0 Å². The molecule has 0 saturated heterocycles. The third kappa shape index (κ3) is 4.18. The zero-order valence-corrected chi connectivity index (χ0v) is 15.4. The van der Waals surface area contributed by atoms with Crippen LogP contribution in [-0.2, 0) is 11.2 Å². The summed E-state index contributed by atoms with van der Waals surface area (Å²) in [6, 6.07) is 5.39. The molecule has 6 heteroatoms. The van der Waals surface area contributed by atoms with Crippen LogP contribution in [0.5, 0.6) is 11.5 Å². The summed E-state index contributed by atoms with van der Waals surface area (Å²) in [5.74, 6) is 1.79. The van der Waals surface area contributed by atoms with E-state index in [1.807, 2.05) is 12.1 Å². The van der Waals surface area contributed by atoms with Crippen molar-refractivity contribution in [2.45, 2.75) is 38.5 Å². The molecule has 3 rings (SSSR count). The molecule has 1 amide bonds. The molecule has 6 nitrogen and oxygen atoms in total. The number of pyridine rings is 1. The van der Waals surface area contributed by atoms with E-state index in [0.717, 1.165) is 11.9 Å². The number of carbonyl (C=O) groups is 1. The van der Waals surface area contributed by atoms with E-state index in [4.69, 9.17) is 9.47 Å². The standard InChI is InChI=1S/C20H26N2O4/c1-25-17-10-15-9-14(20(24)22-16(15)11-18(17)26-2)7-8-19(23)21-12-13-5-3-4-6-13/h9-11,13H,3-8,12H2,1-2H3,(H,21,23)(H,22,24). The number of hydrogen-bond donors (Lipinski definition) is 2. The number of benzene rings is 1. The first kappa shape index (κ1) is 18.3. The fourth-order valence-electron chi connectivity index (χ4n) is 3.57. The van der Waals surface area contributed by atoms with Gasteiger partial charge in [-0.3, -0.25) is 9.59 Å².